The molecule has 0 spiro atoms. The van der Waals surface area contributed by atoms with Gasteiger partial charge in [-0.25, -0.2) is 4.39 Å². The van der Waals surface area contributed by atoms with E-state index in [0.717, 1.165) is 0 Å². The molecule has 0 radical (unpaired) electrons. The minimum Gasteiger partial charge on any atom is -0.330 e. The number of hydrogen-bond acceptors (Lipinski definition) is 3. The Kier molecular flexibility index (Phi) is 4.62. The molecule has 1 aromatic carbocycles. The Balaban J connectivity index is 2.00. The van der Waals surface area contributed by atoms with E-state index in [-0.39, 0.29) is 16.7 Å². The molecule has 1 heterocycles. The second-order valence-electron chi connectivity index (χ2n) is 3.51. The van der Waals surface area contributed by atoms with Gasteiger partial charge in [0.05, 0.1) is 10.6 Å². The zero-order chi connectivity index (χ0) is 13.8. The number of hydrogen-bond donors (Lipinski definition) is 2. The second kappa shape index (κ2) is 6.23. The van der Waals surface area contributed by atoms with Crippen LogP contribution in [0, 0.1) is 5.82 Å². The van der Waals surface area contributed by atoms with Gasteiger partial charge >= 0.3 is 0 Å². The molecule has 0 aliphatic rings. The number of benzene rings is 1. The van der Waals surface area contributed by atoms with Crippen molar-refractivity contribution in [3.05, 3.63) is 50.9 Å². The zero-order valence-corrected chi connectivity index (χ0v) is 12.7. The van der Waals surface area contributed by atoms with Crippen LogP contribution in [-0.2, 0) is 0 Å². The molecule has 0 saturated heterocycles. The van der Waals surface area contributed by atoms with Crippen molar-refractivity contribution in [2.75, 3.05) is 5.32 Å². The van der Waals surface area contributed by atoms with Gasteiger partial charge in [-0.3, -0.25) is 10.1 Å². The van der Waals surface area contributed by atoms with Gasteiger partial charge in [0.25, 0.3) is 5.91 Å². The van der Waals surface area contributed by atoms with Gasteiger partial charge in [0, 0.05) is 4.47 Å². The molecule has 98 valence electrons. The third-order valence-corrected chi connectivity index (χ3v) is 3.72. The van der Waals surface area contributed by atoms with Crippen molar-refractivity contribution in [1.29, 1.82) is 0 Å². The normalized spacial score (nSPS) is 10.0. The first-order valence-electron chi connectivity index (χ1n) is 5.17. The van der Waals surface area contributed by atoms with Crippen molar-refractivity contribution < 1.29 is 9.18 Å². The first-order chi connectivity index (χ1) is 9.06. The minimum atomic E-state index is -0.456. The molecule has 2 aromatic rings. The number of anilines is 1. The van der Waals surface area contributed by atoms with Crippen molar-refractivity contribution in [1.82, 2.24) is 5.32 Å². The van der Waals surface area contributed by atoms with Crippen LogP contribution in [-0.4, -0.2) is 11.0 Å². The lowest BCUT2D eigenvalue weighted by Crippen LogP contribution is -2.33. The predicted octanol–water partition coefficient (Wildman–Crippen LogP) is 3.78. The van der Waals surface area contributed by atoms with E-state index in [1.54, 1.807) is 23.6 Å². The number of carbonyl (C=O) groups excluding carboxylic acids is 1. The largest absolute Gasteiger partial charge is 0.330 e. The maximum absolute atomic E-state index is 13.6. The topological polar surface area (TPSA) is 41.1 Å². The van der Waals surface area contributed by atoms with E-state index in [0.29, 0.717) is 9.35 Å². The van der Waals surface area contributed by atoms with Crippen LogP contribution >= 0.6 is 39.5 Å². The van der Waals surface area contributed by atoms with Crippen molar-refractivity contribution in [3.63, 3.8) is 0 Å². The van der Waals surface area contributed by atoms with Gasteiger partial charge in [0.1, 0.15) is 5.82 Å². The van der Waals surface area contributed by atoms with Gasteiger partial charge in [-0.15, -0.1) is 11.3 Å². The Morgan fingerprint density at radius 1 is 1.37 bits per heavy atom. The number of thiophene rings is 1. The van der Waals surface area contributed by atoms with E-state index in [1.165, 1.54) is 23.5 Å². The molecule has 1 amide bonds. The summed E-state index contributed by atoms with van der Waals surface area (Å²) in [6, 6.07) is 7.97. The van der Waals surface area contributed by atoms with Crippen molar-refractivity contribution >= 4 is 56.2 Å². The SMILES string of the molecule is O=C(NC(=S)Nc1ccc(Br)cc1F)c1cccs1. The summed E-state index contributed by atoms with van der Waals surface area (Å²) < 4.78 is 14.2. The summed E-state index contributed by atoms with van der Waals surface area (Å²) in [6.07, 6.45) is 0. The van der Waals surface area contributed by atoms with E-state index in [1.807, 2.05) is 0 Å². The number of amides is 1. The average Bonchev–Trinajstić information content (AvgIpc) is 2.86. The molecule has 3 nitrogen and oxygen atoms in total. The number of carbonyl (C=O) groups is 1. The van der Waals surface area contributed by atoms with Crippen LogP contribution in [0.2, 0.25) is 0 Å². The zero-order valence-electron chi connectivity index (χ0n) is 9.44. The standard InChI is InChI=1S/C12H8BrFN2OS2/c13-7-3-4-9(8(14)6-7)15-12(18)16-11(17)10-2-1-5-19-10/h1-6H,(H2,15,16,17,18). The third-order valence-electron chi connectivity index (χ3n) is 2.15. The van der Waals surface area contributed by atoms with E-state index in [4.69, 9.17) is 12.2 Å². The van der Waals surface area contributed by atoms with Crippen LogP contribution in [0.5, 0.6) is 0 Å². The number of nitrogens with one attached hydrogen (secondary N) is 2. The Morgan fingerprint density at radius 3 is 2.79 bits per heavy atom. The summed E-state index contributed by atoms with van der Waals surface area (Å²) in [6.45, 7) is 0. The van der Waals surface area contributed by atoms with Gasteiger partial charge in [0.15, 0.2) is 5.11 Å². The summed E-state index contributed by atoms with van der Waals surface area (Å²) in [5, 5.41) is 6.97. The van der Waals surface area contributed by atoms with E-state index in [2.05, 4.69) is 26.6 Å². The van der Waals surface area contributed by atoms with Crippen LogP contribution in [0.4, 0.5) is 10.1 Å². The van der Waals surface area contributed by atoms with E-state index >= 15 is 0 Å². The van der Waals surface area contributed by atoms with Gasteiger partial charge < -0.3 is 5.32 Å². The molecule has 0 saturated carbocycles. The maximum Gasteiger partial charge on any atom is 0.267 e. The molecule has 7 heteroatoms. The van der Waals surface area contributed by atoms with E-state index in [9.17, 15) is 9.18 Å². The molecule has 0 fully saturated rings. The quantitative estimate of drug-likeness (QED) is 0.802. The highest BCUT2D eigenvalue weighted by molar-refractivity contribution is 9.10. The van der Waals surface area contributed by atoms with Gasteiger partial charge in [-0.1, -0.05) is 22.0 Å². The highest BCUT2D eigenvalue weighted by atomic mass is 79.9. The Bertz CT molecular complexity index is 616. The molecule has 0 atom stereocenters. The highest BCUT2D eigenvalue weighted by Gasteiger charge is 2.10. The molecular weight excluding hydrogens is 351 g/mol. The average molecular weight is 359 g/mol. The van der Waals surface area contributed by atoms with Crippen LogP contribution in [0.3, 0.4) is 0 Å². The Morgan fingerprint density at radius 2 is 2.16 bits per heavy atom. The van der Waals surface area contributed by atoms with Crippen LogP contribution < -0.4 is 10.6 Å². The number of thiocarbonyl (C=S) groups is 1. The summed E-state index contributed by atoms with van der Waals surface area (Å²) in [4.78, 5) is 12.3. The van der Waals surface area contributed by atoms with Gasteiger partial charge in [-0.2, -0.15) is 0 Å². The lowest BCUT2D eigenvalue weighted by Gasteiger charge is -2.09. The molecule has 2 rings (SSSR count). The minimum absolute atomic E-state index is 0.0552. The molecular formula is C12H8BrFN2OS2. The smallest absolute Gasteiger partial charge is 0.267 e. The van der Waals surface area contributed by atoms with Crippen LogP contribution in [0.1, 0.15) is 9.67 Å². The Hall–Kier alpha value is -1.31. The van der Waals surface area contributed by atoms with Crippen LogP contribution in [0.25, 0.3) is 0 Å². The van der Waals surface area contributed by atoms with Gasteiger partial charge in [0.2, 0.25) is 0 Å². The fourth-order valence-electron chi connectivity index (χ4n) is 1.32. The molecule has 0 bridgehead atoms. The molecule has 0 unspecified atom stereocenters. The fraction of sp³-hybridized carbons (Fsp3) is 0. The third kappa shape index (κ3) is 3.82. The lowest BCUT2D eigenvalue weighted by atomic mass is 10.3. The Labute approximate surface area is 127 Å². The first-order valence-corrected chi connectivity index (χ1v) is 7.25. The lowest BCUT2D eigenvalue weighted by molar-refractivity contribution is 0.0981. The summed E-state index contributed by atoms with van der Waals surface area (Å²) >= 11 is 9.43. The fourth-order valence-corrected chi connectivity index (χ4v) is 2.47. The predicted molar refractivity (Wildman–Crippen MR) is 82.1 cm³/mol. The summed E-state index contributed by atoms with van der Waals surface area (Å²) in [7, 11) is 0. The molecule has 0 aliphatic carbocycles. The second-order valence-corrected chi connectivity index (χ2v) is 5.78. The maximum atomic E-state index is 13.6. The summed E-state index contributed by atoms with van der Waals surface area (Å²) in [5.74, 6) is -0.771. The van der Waals surface area contributed by atoms with Crippen molar-refractivity contribution in [2.24, 2.45) is 0 Å². The van der Waals surface area contributed by atoms with Crippen molar-refractivity contribution in [2.45, 2.75) is 0 Å². The van der Waals surface area contributed by atoms with Gasteiger partial charge in [-0.05, 0) is 41.9 Å². The summed E-state index contributed by atoms with van der Waals surface area (Å²) in [5.41, 5.74) is 0.208. The number of rotatable bonds is 2. The molecule has 0 aliphatic heterocycles. The van der Waals surface area contributed by atoms with Crippen LogP contribution in [0.15, 0.2) is 40.2 Å². The molecule has 19 heavy (non-hydrogen) atoms. The first kappa shape index (κ1) is 14.1. The number of halogens is 2. The monoisotopic (exact) mass is 358 g/mol. The highest BCUT2D eigenvalue weighted by Crippen LogP contribution is 2.19. The molecule has 2 N–H and O–H groups in total. The van der Waals surface area contributed by atoms with E-state index < -0.39 is 5.82 Å². The van der Waals surface area contributed by atoms with Crippen molar-refractivity contribution in [3.8, 4) is 0 Å². The molecule has 1 aromatic heterocycles.